The van der Waals surface area contributed by atoms with Gasteiger partial charge in [0.15, 0.2) is 0 Å². The molecule has 660 valence electrons. The van der Waals surface area contributed by atoms with Crippen LogP contribution in [0.15, 0.2) is 108 Å². The highest BCUT2D eigenvalue weighted by atomic mass is 16.5. The van der Waals surface area contributed by atoms with Crippen LogP contribution in [0.5, 0.6) is 11.5 Å². The molecule has 0 bridgehead atoms. The van der Waals surface area contributed by atoms with Crippen molar-refractivity contribution in [3.63, 3.8) is 0 Å². The first kappa shape index (κ1) is 85.3. The number of likely N-dealkylation sites (tertiary alicyclic amines) is 1. The first-order valence-corrected chi connectivity index (χ1v) is 45.9. The molecule has 30 heteroatoms. The van der Waals surface area contributed by atoms with Crippen molar-refractivity contribution in [1.29, 1.82) is 0 Å². The number of piperazine rings is 2. The predicted molar refractivity (Wildman–Crippen MR) is 472 cm³/mol. The second-order valence-corrected chi connectivity index (χ2v) is 37.1. The molecule has 125 heavy (non-hydrogen) atoms. The number of carbonyl (C=O) groups excluding carboxylic acids is 8. The van der Waals surface area contributed by atoms with Crippen LogP contribution in [0.2, 0.25) is 0 Å². The molecule has 2 aromatic heterocycles. The fourth-order valence-electron chi connectivity index (χ4n) is 19.9. The number of hydrogen-bond donors (Lipinski definition) is 3. The van der Waals surface area contributed by atoms with Crippen LogP contribution in [-0.4, -0.2) is 275 Å². The first-order valence-electron chi connectivity index (χ1n) is 45.9. The van der Waals surface area contributed by atoms with Gasteiger partial charge in [0, 0.05) is 158 Å². The van der Waals surface area contributed by atoms with E-state index in [9.17, 15) is 38.4 Å². The fraction of sp³-hybridized carbons (Fsp3) is 0.558. The van der Waals surface area contributed by atoms with Crippen LogP contribution in [-0.2, 0) is 41.7 Å². The standard InChI is InChI=1S/C47H57N9O6.C28H38N6O2.C20H23N3O4/c1-30-27-55(41-25-39(49-29-50-41)43-37-24-35(62-47(2)13-14-47)5-3-32(37)26-48-43)20-19-53(30)21-22-61-34-11-15-52(16-12-34)28-31-9-17-54(18-10-31)33-4-6-36-38(23-33)46(60)56(45(36)59)40-7-8-42(57)51-44(40)58;1-20-18-34(12-11-33(20)13-14-35-22-5-9-29-10-6-22)26-16-25(31-19-32-26)27-24-15-23(36-28(2)7-8-28)4-3-21(24)17-30-27;1-2-12-7-9-22(10-8-12)13-3-4-14-15(11-13)20(27)23(19(14)26)16-5-6-17(24)21-18(16)25/h3-6,23-25,29-31,34,40H,7-22,26-28H2,1-2H3,(H,51,57,58);3-4,15-16,19-20,22,29H,5-14,17-18H2,1-2H3;3-4,11-12,16H,2,5-10H2,1H3,(H,21,24,25)/t30-,40?;20-;/m00./s1. The summed E-state index contributed by atoms with van der Waals surface area (Å²) in [6.07, 6.45) is 19.0. The summed E-state index contributed by atoms with van der Waals surface area (Å²) >= 11 is 0. The van der Waals surface area contributed by atoms with Crippen LogP contribution in [0.25, 0.3) is 0 Å². The van der Waals surface area contributed by atoms with Crippen molar-refractivity contribution in [3.8, 4) is 11.5 Å². The molecular formula is C95H118N18O12. The van der Waals surface area contributed by atoms with Crippen molar-refractivity contribution in [2.45, 2.75) is 204 Å². The monoisotopic (exact) mass is 1700 g/mol. The molecule has 3 N–H and O–H groups in total. The summed E-state index contributed by atoms with van der Waals surface area (Å²) in [6.45, 7) is 30.6. The van der Waals surface area contributed by atoms with Gasteiger partial charge in [-0.15, -0.1) is 0 Å². The van der Waals surface area contributed by atoms with E-state index < -0.39 is 47.5 Å². The minimum Gasteiger partial charge on any atom is -0.488 e. The Hall–Kier alpha value is -10.5. The van der Waals surface area contributed by atoms with Crippen LogP contribution in [0.1, 0.15) is 219 Å². The van der Waals surface area contributed by atoms with Crippen LogP contribution >= 0.6 is 0 Å². The van der Waals surface area contributed by atoms with E-state index in [-0.39, 0.29) is 48.7 Å². The molecule has 0 radical (unpaired) electrons. The second-order valence-electron chi connectivity index (χ2n) is 37.1. The number of aromatic nitrogens is 4. The van der Waals surface area contributed by atoms with E-state index >= 15 is 0 Å². The summed E-state index contributed by atoms with van der Waals surface area (Å²) in [5.74, 6) is 1.35. The van der Waals surface area contributed by atoms with Crippen molar-refractivity contribution in [3.05, 3.63) is 153 Å². The minimum atomic E-state index is -0.956. The van der Waals surface area contributed by atoms with Crippen LogP contribution in [0.3, 0.4) is 0 Å². The van der Waals surface area contributed by atoms with Gasteiger partial charge in [0.2, 0.25) is 23.6 Å². The number of imide groups is 4. The largest absolute Gasteiger partial charge is 0.488 e. The van der Waals surface area contributed by atoms with Crippen molar-refractivity contribution >= 4 is 81.7 Å². The maximum Gasteiger partial charge on any atom is 0.262 e. The first-order chi connectivity index (χ1) is 60.6. The molecule has 2 aliphatic carbocycles. The van der Waals surface area contributed by atoms with E-state index in [4.69, 9.17) is 28.9 Å². The number of hydrogen-bond acceptors (Lipinski definition) is 26. The lowest BCUT2D eigenvalue weighted by atomic mass is 9.94. The van der Waals surface area contributed by atoms with E-state index in [1.807, 2.05) is 12.1 Å². The number of nitrogens with zero attached hydrogens (tertiary/aromatic N) is 15. The molecule has 10 fully saturated rings. The van der Waals surface area contributed by atoms with Crippen molar-refractivity contribution < 1.29 is 57.3 Å². The number of aliphatic imine (C=N–C) groups is 2. The van der Waals surface area contributed by atoms with Gasteiger partial charge < -0.3 is 48.8 Å². The Bertz CT molecular complexity index is 5160. The maximum absolute atomic E-state index is 13.4. The Morgan fingerprint density at radius 3 is 1.31 bits per heavy atom. The number of anilines is 4. The van der Waals surface area contributed by atoms with E-state index in [1.165, 1.54) is 17.5 Å². The molecule has 6 aromatic rings. The summed E-state index contributed by atoms with van der Waals surface area (Å²) in [7, 11) is 0. The molecule has 2 saturated carbocycles. The molecule has 4 atom stereocenters. The van der Waals surface area contributed by atoms with Gasteiger partial charge in [-0.2, -0.15) is 0 Å². The number of piperidine rings is 6. The van der Waals surface area contributed by atoms with Gasteiger partial charge in [-0.25, -0.2) is 19.9 Å². The third-order valence-electron chi connectivity index (χ3n) is 28.3. The third-order valence-corrected chi connectivity index (χ3v) is 28.3. The number of rotatable bonds is 23. The lowest BCUT2D eigenvalue weighted by molar-refractivity contribution is -0.137. The predicted octanol–water partition coefficient (Wildman–Crippen LogP) is 8.82. The summed E-state index contributed by atoms with van der Waals surface area (Å²) < 4.78 is 25.1. The van der Waals surface area contributed by atoms with E-state index in [1.54, 1.807) is 36.9 Å². The Morgan fingerprint density at radius 1 is 0.440 bits per heavy atom. The van der Waals surface area contributed by atoms with Crippen molar-refractivity contribution in [2.24, 2.45) is 21.8 Å². The average Bonchev–Trinajstić information content (AvgIpc) is 1.61. The SMILES string of the molecule is CCC1CCN(c2ccc3c(c2)C(=O)N(C2CCC(=O)NC2=O)C3=O)CC1.C[C@H]1CN(c2cc(C3=NCc4ccc(OC5(C)CC5)cc43)ncn2)CCN1CCOC1CCN(CC2CCN(c3ccc4c(c3)C(=O)N(C3CCC(=O)NC3=O)C4=O)CC2)CC1.C[C@H]1CN(c2cc(C3=NCc4ccc(OC5(C)CC5)cc43)ncn2)CCN1CCOC1CCNCC1. The lowest BCUT2D eigenvalue weighted by Gasteiger charge is -2.41. The number of carbonyl (C=O) groups is 8. The zero-order valence-electron chi connectivity index (χ0n) is 72.8. The van der Waals surface area contributed by atoms with Gasteiger partial charge in [0.05, 0.1) is 83.6 Å². The Balaban J connectivity index is 0.000000142. The minimum absolute atomic E-state index is 0.00451. The molecule has 30 nitrogen and oxygen atoms in total. The summed E-state index contributed by atoms with van der Waals surface area (Å²) in [4.78, 5) is 147. The van der Waals surface area contributed by atoms with Gasteiger partial charge in [-0.05, 0) is 214 Å². The summed E-state index contributed by atoms with van der Waals surface area (Å²) in [5, 5.41) is 7.88. The number of nitrogens with one attached hydrogen (secondary N) is 3. The molecule has 4 aromatic carbocycles. The Morgan fingerprint density at radius 2 is 0.880 bits per heavy atom. The Labute approximate surface area is 731 Å². The highest BCUT2D eigenvalue weighted by molar-refractivity contribution is 6.25. The summed E-state index contributed by atoms with van der Waals surface area (Å²) in [6, 6.07) is 26.6. The van der Waals surface area contributed by atoms with Gasteiger partial charge >= 0.3 is 0 Å². The topological polar surface area (TPSA) is 315 Å². The van der Waals surface area contributed by atoms with Crippen LogP contribution in [0, 0.1) is 11.8 Å². The van der Waals surface area contributed by atoms with Gasteiger partial charge in [-0.1, -0.05) is 25.5 Å². The maximum atomic E-state index is 13.4. The zero-order chi connectivity index (χ0) is 86.2. The molecule has 14 aliphatic rings. The second kappa shape index (κ2) is 36.8. The van der Waals surface area contributed by atoms with E-state index in [0.717, 1.165) is 286 Å². The quantitative estimate of drug-likeness (QED) is 0.0504. The van der Waals surface area contributed by atoms with Crippen molar-refractivity contribution in [1.82, 2.24) is 60.4 Å². The zero-order valence-corrected chi connectivity index (χ0v) is 72.8. The fourth-order valence-corrected chi connectivity index (χ4v) is 19.9. The molecule has 20 rings (SSSR count). The number of fused-ring (bicyclic) bond motifs is 4. The number of benzene rings is 4. The van der Waals surface area contributed by atoms with Gasteiger partial charge in [0.1, 0.15) is 59.1 Å². The Kier molecular flexibility index (Phi) is 25.1. The van der Waals surface area contributed by atoms with Crippen LogP contribution < -0.4 is 45.0 Å². The molecule has 0 spiro atoms. The molecular weight excluding hydrogens is 1590 g/mol. The summed E-state index contributed by atoms with van der Waals surface area (Å²) in [5.41, 5.74) is 11.5. The number of amides is 8. The lowest BCUT2D eigenvalue weighted by Crippen LogP contribution is -2.54. The highest BCUT2D eigenvalue weighted by Crippen LogP contribution is 2.43. The van der Waals surface area contributed by atoms with Crippen LogP contribution in [0.4, 0.5) is 23.0 Å². The highest BCUT2D eigenvalue weighted by Gasteiger charge is 2.48. The smallest absolute Gasteiger partial charge is 0.262 e. The number of ether oxygens (including phenoxy) is 4. The van der Waals surface area contributed by atoms with Crippen molar-refractivity contribution in [2.75, 3.05) is 144 Å². The van der Waals surface area contributed by atoms with Gasteiger partial charge in [0.25, 0.3) is 23.6 Å². The molecule has 8 saturated heterocycles. The molecule has 14 heterocycles. The normalized spacial score (nSPS) is 24.2. The molecule has 12 aliphatic heterocycles. The van der Waals surface area contributed by atoms with Gasteiger partial charge in [-0.3, -0.25) is 78.6 Å². The average molecular weight is 1700 g/mol. The molecule has 8 amide bonds. The van der Waals surface area contributed by atoms with E-state index in [2.05, 4.69) is 153 Å². The third kappa shape index (κ3) is 19.1. The van der Waals surface area contributed by atoms with E-state index in [0.29, 0.717) is 65.6 Å². The molecule has 2 unspecified atom stereocenters.